The molecule has 2 aromatic rings. The van der Waals surface area contributed by atoms with Gasteiger partial charge in [-0.3, -0.25) is 4.79 Å². The van der Waals surface area contributed by atoms with Crippen LogP contribution in [0, 0.1) is 0 Å². The summed E-state index contributed by atoms with van der Waals surface area (Å²) in [6, 6.07) is 14.3. The van der Waals surface area contributed by atoms with E-state index in [0.29, 0.717) is 29.3 Å². The van der Waals surface area contributed by atoms with Crippen LogP contribution < -0.4 is 15.4 Å². The van der Waals surface area contributed by atoms with E-state index in [0.717, 1.165) is 32.2 Å². The second kappa shape index (κ2) is 7.70. The van der Waals surface area contributed by atoms with Gasteiger partial charge >= 0.3 is 6.03 Å². The molecule has 4 rings (SSSR count). The Labute approximate surface area is 158 Å². The molecule has 2 aliphatic heterocycles. The largest absolute Gasteiger partial charge is 0.493 e. The SMILES string of the molecule is O=C(Nc1ccccc1)Nc1ccc2c(c1)C(=O)N1CCCCC1CCO2. The zero-order chi connectivity index (χ0) is 18.6. The lowest BCUT2D eigenvalue weighted by atomic mass is 9.97. The predicted octanol–water partition coefficient (Wildman–Crippen LogP) is 4.11. The van der Waals surface area contributed by atoms with E-state index in [9.17, 15) is 9.59 Å². The monoisotopic (exact) mass is 365 g/mol. The molecule has 2 N–H and O–H groups in total. The van der Waals surface area contributed by atoms with Crippen LogP contribution in [0.25, 0.3) is 0 Å². The predicted molar refractivity (Wildman–Crippen MR) is 104 cm³/mol. The van der Waals surface area contributed by atoms with Crippen molar-refractivity contribution in [3.63, 3.8) is 0 Å². The van der Waals surface area contributed by atoms with E-state index in [-0.39, 0.29) is 18.0 Å². The third-order valence-electron chi connectivity index (χ3n) is 5.10. The number of benzene rings is 2. The van der Waals surface area contributed by atoms with E-state index in [4.69, 9.17) is 4.74 Å². The lowest BCUT2D eigenvalue weighted by Crippen LogP contribution is -2.45. The fraction of sp³-hybridized carbons (Fsp3) is 0.333. The van der Waals surface area contributed by atoms with Crippen LogP contribution in [0.2, 0.25) is 0 Å². The summed E-state index contributed by atoms with van der Waals surface area (Å²) in [4.78, 5) is 27.3. The van der Waals surface area contributed by atoms with E-state index >= 15 is 0 Å². The van der Waals surface area contributed by atoms with Gasteiger partial charge in [0.05, 0.1) is 12.2 Å². The average Bonchev–Trinajstić information content (AvgIpc) is 2.68. The summed E-state index contributed by atoms with van der Waals surface area (Å²) in [5.74, 6) is 0.569. The Morgan fingerprint density at radius 1 is 1.00 bits per heavy atom. The molecule has 1 fully saturated rings. The molecule has 140 valence electrons. The van der Waals surface area contributed by atoms with Crippen molar-refractivity contribution in [2.24, 2.45) is 0 Å². The van der Waals surface area contributed by atoms with Gasteiger partial charge in [0.2, 0.25) is 0 Å². The summed E-state index contributed by atoms with van der Waals surface area (Å²) in [6.07, 6.45) is 4.09. The van der Waals surface area contributed by atoms with Crippen LogP contribution in [0.5, 0.6) is 5.75 Å². The van der Waals surface area contributed by atoms with E-state index in [1.54, 1.807) is 18.2 Å². The van der Waals surface area contributed by atoms with E-state index in [1.165, 1.54) is 0 Å². The Morgan fingerprint density at radius 3 is 2.67 bits per heavy atom. The van der Waals surface area contributed by atoms with Crippen LogP contribution in [-0.2, 0) is 0 Å². The summed E-state index contributed by atoms with van der Waals surface area (Å²) in [5.41, 5.74) is 1.78. The highest BCUT2D eigenvalue weighted by Gasteiger charge is 2.31. The number of carbonyl (C=O) groups is 2. The molecule has 2 heterocycles. The van der Waals surface area contributed by atoms with Crippen molar-refractivity contribution in [3.05, 3.63) is 54.1 Å². The molecule has 2 aromatic carbocycles. The van der Waals surface area contributed by atoms with Gasteiger partial charge in [-0.15, -0.1) is 0 Å². The lowest BCUT2D eigenvalue weighted by Gasteiger charge is -2.37. The number of fused-ring (bicyclic) bond motifs is 2. The Bertz CT molecular complexity index is 838. The maximum Gasteiger partial charge on any atom is 0.323 e. The van der Waals surface area contributed by atoms with Crippen LogP contribution >= 0.6 is 0 Å². The topological polar surface area (TPSA) is 70.7 Å². The zero-order valence-corrected chi connectivity index (χ0v) is 15.1. The van der Waals surface area contributed by atoms with Crippen LogP contribution in [0.4, 0.5) is 16.2 Å². The molecule has 0 saturated carbocycles. The number of ether oxygens (including phenoxy) is 1. The molecule has 2 aliphatic rings. The van der Waals surface area contributed by atoms with Crippen LogP contribution in [0.15, 0.2) is 48.5 Å². The molecule has 6 nitrogen and oxygen atoms in total. The van der Waals surface area contributed by atoms with Crippen LogP contribution in [-0.4, -0.2) is 36.0 Å². The van der Waals surface area contributed by atoms with E-state index < -0.39 is 0 Å². The number of amides is 3. The molecule has 0 spiro atoms. The number of anilines is 2. The van der Waals surface area contributed by atoms with Crippen molar-refractivity contribution in [1.29, 1.82) is 0 Å². The smallest absolute Gasteiger partial charge is 0.323 e. The van der Waals surface area contributed by atoms with Crippen molar-refractivity contribution in [2.75, 3.05) is 23.8 Å². The van der Waals surface area contributed by atoms with Gasteiger partial charge in [0.1, 0.15) is 5.75 Å². The van der Waals surface area contributed by atoms with Gasteiger partial charge in [-0.1, -0.05) is 18.2 Å². The number of hydrogen-bond donors (Lipinski definition) is 2. The summed E-state index contributed by atoms with van der Waals surface area (Å²) in [7, 11) is 0. The lowest BCUT2D eigenvalue weighted by molar-refractivity contribution is 0.0548. The first-order valence-electron chi connectivity index (χ1n) is 9.41. The first-order chi connectivity index (χ1) is 13.2. The molecule has 1 saturated heterocycles. The number of nitrogens with zero attached hydrogens (tertiary/aromatic N) is 1. The minimum absolute atomic E-state index is 0.0125. The number of para-hydroxylation sites is 1. The minimum Gasteiger partial charge on any atom is -0.493 e. The van der Waals surface area contributed by atoms with Crippen molar-refractivity contribution < 1.29 is 14.3 Å². The van der Waals surface area contributed by atoms with Crippen LogP contribution in [0.1, 0.15) is 36.0 Å². The number of rotatable bonds is 2. The Balaban J connectivity index is 1.53. The third-order valence-corrected chi connectivity index (χ3v) is 5.10. The highest BCUT2D eigenvalue weighted by atomic mass is 16.5. The van der Waals surface area contributed by atoms with Crippen molar-refractivity contribution >= 4 is 23.3 Å². The third kappa shape index (κ3) is 3.89. The number of piperidine rings is 1. The zero-order valence-electron chi connectivity index (χ0n) is 15.1. The normalized spacial score (nSPS) is 19.0. The fourth-order valence-corrected chi connectivity index (χ4v) is 3.74. The van der Waals surface area contributed by atoms with Gasteiger partial charge in [0, 0.05) is 30.4 Å². The summed E-state index contributed by atoms with van der Waals surface area (Å²) < 4.78 is 5.83. The molecular weight excluding hydrogens is 342 g/mol. The standard InChI is InChI=1S/C21H23N3O3/c25-20-18-14-16(23-21(26)22-15-6-2-1-3-7-15)9-10-19(18)27-13-11-17-8-4-5-12-24(17)20/h1-3,6-7,9-10,14,17H,4-5,8,11-13H2,(H2,22,23,26). The molecule has 0 bridgehead atoms. The fourth-order valence-electron chi connectivity index (χ4n) is 3.74. The summed E-state index contributed by atoms with van der Waals surface area (Å²) in [5, 5.41) is 5.57. The molecule has 27 heavy (non-hydrogen) atoms. The van der Waals surface area contributed by atoms with Gasteiger partial charge in [-0.25, -0.2) is 4.79 Å². The average molecular weight is 365 g/mol. The molecular formula is C21H23N3O3. The summed E-state index contributed by atoms with van der Waals surface area (Å²) >= 11 is 0. The minimum atomic E-state index is -0.351. The van der Waals surface area contributed by atoms with Gasteiger partial charge in [-0.05, 0) is 49.6 Å². The van der Waals surface area contributed by atoms with Gasteiger partial charge < -0.3 is 20.3 Å². The Morgan fingerprint density at radius 2 is 1.81 bits per heavy atom. The first kappa shape index (κ1) is 17.4. The maximum absolute atomic E-state index is 13.1. The van der Waals surface area contributed by atoms with Gasteiger partial charge in [0.25, 0.3) is 5.91 Å². The molecule has 6 heteroatoms. The highest BCUT2D eigenvalue weighted by Crippen LogP contribution is 2.30. The van der Waals surface area contributed by atoms with E-state index in [1.807, 2.05) is 35.2 Å². The van der Waals surface area contributed by atoms with Gasteiger partial charge in [0.15, 0.2) is 0 Å². The Kier molecular flexibility index (Phi) is 4.96. The number of carbonyl (C=O) groups excluding carboxylic acids is 2. The number of urea groups is 1. The second-order valence-corrected chi connectivity index (χ2v) is 6.94. The molecule has 0 aliphatic carbocycles. The van der Waals surface area contributed by atoms with Crippen molar-refractivity contribution in [2.45, 2.75) is 31.7 Å². The molecule has 0 radical (unpaired) electrons. The van der Waals surface area contributed by atoms with Crippen molar-refractivity contribution in [1.82, 2.24) is 4.90 Å². The number of hydrogen-bond acceptors (Lipinski definition) is 3. The molecule has 0 aromatic heterocycles. The molecule has 1 atom stereocenters. The van der Waals surface area contributed by atoms with Crippen LogP contribution in [0.3, 0.4) is 0 Å². The number of nitrogens with one attached hydrogen (secondary N) is 2. The van der Waals surface area contributed by atoms with E-state index in [2.05, 4.69) is 10.6 Å². The quantitative estimate of drug-likeness (QED) is 0.841. The molecule has 3 amide bonds. The maximum atomic E-state index is 13.1. The van der Waals surface area contributed by atoms with Gasteiger partial charge in [-0.2, -0.15) is 0 Å². The van der Waals surface area contributed by atoms with Crippen molar-refractivity contribution in [3.8, 4) is 5.75 Å². The first-order valence-corrected chi connectivity index (χ1v) is 9.41. The summed E-state index contributed by atoms with van der Waals surface area (Å²) in [6.45, 7) is 1.39. The second-order valence-electron chi connectivity index (χ2n) is 6.94. The highest BCUT2D eigenvalue weighted by molar-refractivity contribution is 6.02. The Hall–Kier alpha value is -3.02. The molecule has 1 unspecified atom stereocenters.